The number of benzene rings is 2. The van der Waals surface area contributed by atoms with E-state index in [1.54, 1.807) is 43.3 Å². The highest BCUT2D eigenvalue weighted by molar-refractivity contribution is 6.00. The highest BCUT2D eigenvalue weighted by atomic mass is 16.5. The van der Waals surface area contributed by atoms with E-state index < -0.39 is 6.10 Å². The summed E-state index contributed by atoms with van der Waals surface area (Å²) in [6, 6.07) is 16.3. The standard InChI is InChI=1S/C19H22N2O3/c1-3-9-18(22)20-16-12-7-8-13-17(16)21-19(23)14(2)24-15-10-5-4-6-11-15/h4-8,10-14H,3,9H2,1-2H3,(H,20,22)(H,21,23)/t14-/m0/s1. The third kappa shape index (κ3) is 5.12. The first kappa shape index (κ1) is 17.5. The number of nitrogens with one attached hydrogen (secondary N) is 2. The molecule has 0 heterocycles. The molecule has 0 unspecified atom stereocenters. The van der Waals surface area contributed by atoms with Crippen molar-refractivity contribution in [2.45, 2.75) is 32.8 Å². The summed E-state index contributed by atoms with van der Waals surface area (Å²) in [6.45, 7) is 3.62. The molecule has 0 aliphatic carbocycles. The van der Waals surface area contributed by atoms with E-state index in [9.17, 15) is 9.59 Å². The molecule has 0 saturated carbocycles. The van der Waals surface area contributed by atoms with E-state index in [2.05, 4.69) is 10.6 Å². The molecular weight excluding hydrogens is 304 g/mol. The SMILES string of the molecule is CCCC(=O)Nc1ccccc1NC(=O)[C@H](C)Oc1ccccc1. The van der Waals surface area contributed by atoms with Gasteiger partial charge in [-0.3, -0.25) is 9.59 Å². The monoisotopic (exact) mass is 326 g/mol. The summed E-state index contributed by atoms with van der Waals surface area (Å²) in [5.74, 6) is 0.272. The van der Waals surface area contributed by atoms with E-state index in [1.807, 2.05) is 25.1 Å². The summed E-state index contributed by atoms with van der Waals surface area (Å²) in [4.78, 5) is 24.1. The molecule has 2 rings (SSSR count). The van der Waals surface area contributed by atoms with Crippen LogP contribution in [0.15, 0.2) is 54.6 Å². The molecule has 24 heavy (non-hydrogen) atoms. The van der Waals surface area contributed by atoms with Gasteiger partial charge in [0.25, 0.3) is 5.91 Å². The van der Waals surface area contributed by atoms with Crippen LogP contribution in [-0.2, 0) is 9.59 Å². The molecule has 0 aliphatic heterocycles. The number of ether oxygens (including phenoxy) is 1. The lowest BCUT2D eigenvalue weighted by Crippen LogP contribution is -2.30. The maximum absolute atomic E-state index is 12.3. The number of hydrogen-bond donors (Lipinski definition) is 2. The van der Waals surface area contributed by atoms with E-state index in [0.717, 1.165) is 6.42 Å². The second-order valence-electron chi connectivity index (χ2n) is 5.41. The molecule has 2 aromatic carbocycles. The van der Waals surface area contributed by atoms with Crippen molar-refractivity contribution in [3.8, 4) is 5.75 Å². The molecule has 0 fully saturated rings. The number of carbonyl (C=O) groups is 2. The quantitative estimate of drug-likeness (QED) is 0.812. The van der Waals surface area contributed by atoms with Crippen molar-refractivity contribution in [2.75, 3.05) is 10.6 Å². The molecule has 0 saturated heterocycles. The summed E-state index contributed by atoms with van der Waals surface area (Å²) in [5.41, 5.74) is 1.13. The Morgan fingerprint density at radius 3 is 2.17 bits per heavy atom. The Kier molecular flexibility index (Phi) is 6.37. The molecule has 5 heteroatoms. The molecule has 0 spiro atoms. The van der Waals surface area contributed by atoms with Gasteiger partial charge in [0.1, 0.15) is 5.75 Å². The first-order valence-electron chi connectivity index (χ1n) is 8.01. The van der Waals surface area contributed by atoms with Crippen molar-refractivity contribution in [2.24, 2.45) is 0 Å². The van der Waals surface area contributed by atoms with Crippen molar-refractivity contribution in [3.05, 3.63) is 54.6 Å². The van der Waals surface area contributed by atoms with Gasteiger partial charge in [-0.2, -0.15) is 0 Å². The van der Waals surface area contributed by atoms with Crippen LogP contribution in [0.3, 0.4) is 0 Å². The Hall–Kier alpha value is -2.82. The van der Waals surface area contributed by atoms with E-state index in [4.69, 9.17) is 4.74 Å². The summed E-state index contributed by atoms with van der Waals surface area (Å²) in [5, 5.41) is 5.61. The molecule has 0 aliphatic rings. The fourth-order valence-electron chi connectivity index (χ4n) is 2.13. The van der Waals surface area contributed by atoms with Crippen LogP contribution in [0.1, 0.15) is 26.7 Å². The fourth-order valence-corrected chi connectivity index (χ4v) is 2.13. The van der Waals surface area contributed by atoms with E-state index in [1.165, 1.54) is 0 Å². The van der Waals surface area contributed by atoms with Gasteiger partial charge >= 0.3 is 0 Å². The Balaban J connectivity index is 2.02. The lowest BCUT2D eigenvalue weighted by atomic mass is 10.2. The lowest BCUT2D eigenvalue weighted by Gasteiger charge is -2.16. The summed E-state index contributed by atoms with van der Waals surface area (Å²) in [6.07, 6.45) is 0.546. The zero-order chi connectivity index (χ0) is 17.4. The number of anilines is 2. The van der Waals surface area contributed by atoms with E-state index in [-0.39, 0.29) is 11.8 Å². The first-order valence-corrected chi connectivity index (χ1v) is 8.01. The Labute approximate surface area is 142 Å². The molecule has 1 atom stereocenters. The van der Waals surface area contributed by atoms with Crippen LogP contribution in [0.5, 0.6) is 5.75 Å². The van der Waals surface area contributed by atoms with Gasteiger partial charge in [0.05, 0.1) is 11.4 Å². The number of hydrogen-bond acceptors (Lipinski definition) is 3. The van der Waals surface area contributed by atoms with E-state index >= 15 is 0 Å². The second kappa shape index (κ2) is 8.72. The largest absolute Gasteiger partial charge is 0.481 e. The number of amides is 2. The third-order valence-electron chi connectivity index (χ3n) is 3.36. The van der Waals surface area contributed by atoms with Crippen molar-refractivity contribution >= 4 is 23.2 Å². The Bertz CT molecular complexity index is 686. The first-order chi connectivity index (χ1) is 11.6. The molecule has 2 N–H and O–H groups in total. The average Bonchev–Trinajstić information content (AvgIpc) is 2.57. The van der Waals surface area contributed by atoms with Crippen LogP contribution < -0.4 is 15.4 Å². The van der Waals surface area contributed by atoms with Gasteiger partial charge in [0.15, 0.2) is 6.10 Å². The molecule has 5 nitrogen and oxygen atoms in total. The van der Waals surface area contributed by atoms with Gasteiger partial charge in [-0.25, -0.2) is 0 Å². The number of rotatable bonds is 7. The smallest absolute Gasteiger partial charge is 0.265 e. The van der Waals surface area contributed by atoms with Crippen molar-refractivity contribution in [3.63, 3.8) is 0 Å². The van der Waals surface area contributed by atoms with Crippen LogP contribution in [0.4, 0.5) is 11.4 Å². The minimum absolute atomic E-state index is 0.0761. The average molecular weight is 326 g/mol. The highest BCUT2D eigenvalue weighted by Gasteiger charge is 2.16. The minimum Gasteiger partial charge on any atom is -0.481 e. The Morgan fingerprint density at radius 1 is 0.958 bits per heavy atom. The summed E-state index contributed by atoms with van der Waals surface area (Å²) < 4.78 is 5.61. The second-order valence-corrected chi connectivity index (χ2v) is 5.41. The summed E-state index contributed by atoms with van der Waals surface area (Å²) >= 11 is 0. The van der Waals surface area contributed by atoms with Crippen molar-refractivity contribution in [1.29, 1.82) is 0 Å². The number of carbonyl (C=O) groups excluding carboxylic acids is 2. The highest BCUT2D eigenvalue weighted by Crippen LogP contribution is 2.22. The molecule has 2 amide bonds. The van der Waals surface area contributed by atoms with Gasteiger partial charge < -0.3 is 15.4 Å². The molecule has 2 aromatic rings. The van der Waals surface area contributed by atoms with Gasteiger partial charge in [-0.1, -0.05) is 37.3 Å². The van der Waals surface area contributed by atoms with Gasteiger partial charge in [0.2, 0.25) is 5.91 Å². The maximum Gasteiger partial charge on any atom is 0.265 e. The van der Waals surface area contributed by atoms with E-state index in [0.29, 0.717) is 23.5 Å². The minimum atomic E-state index is -0.660. The zero-order valence-electron chi connectivity index (χ0n) is 13.9. The topological polar surface area (TPSA) is 67.4 Å². The molecule has 126 valence electrons. The lowest BCUT2D eigenvalue weighted by molar-refractivity contribution is -0.122. The van der Waals surface area contributed by atoms with Gasteiger partial charge in [-0.05, 0) is 37.6 Å². The third-order valence-corrected chi connectivity index (χ3v) is 3.36. The van der Waals surface area contributed by atoms with Crippen LogP contribution in [0.2, 0.25) is 0 Å². The van der Waals surface area contributed by atoms with Crippen LogP contribution >= 0.6 is 0 Å². The van der Waals surface area contributed by atoms with Crippen LogP contribution in [0, 0.1) is 0 Å². The molecule has 0 radical (unpaired) electrons. The summed E-state index contributed by atoms with van der Waals surface area (Å²) in [7, 11) is 0. The zero-order valence-corrected chi connectivity index (χ0v) is 13.9. The predicted molar refractivity (Wildman–Crippen MR) is 95.1 cm³/mol. The van der Waals surface area contributed by atoms with Crippen LogP contribution in [-0.4, -0.2) is 17.9 Å². The van der Waals surface area contributed by atoms with Crippen molar-refractivity contribution < 1.29 is 14.3 Å². The van der Waals surface area contributed by atoms with Crippen molar-refractivity contribution in [1.82, 2.24) is 0 Å². The van der Waals surface area contributed by atoms with Gasteiger partial charge in [0, 0.05) is 6.42 Å². The molecule has 0 bridgehead atoms. The Morgan fingerprint density at radius 2 is 1.54 bits per heavy atom. The molecular formula is C19H22N2O3. The number of para-hydroxylation sites is 3. The predicted octanol–water partition coefficient (Wildman–Crippen LogP) is 3.83. The fraction of sp³-hybridized carbons (Fsp3) is 0.263. The normalized spacial score (nSPS) is 11.4. The van der Waals surface area contributed by atoms with Crippen LogP contribution in [0.25, 0.3) is 0 Å². The van der Waals surface area contributed by atoms with Gasteiger partial charge in [-0.15, -0.1) is 0 Å². The molecule has 0 aromatic heterocycles. The maximum atomic E-state index is 12.3.